The lowest BCUT2D eigenvalue weighted by Crippen LogP contribution is -2.36. The smallest absolute Gasteiger partial charge is 0.420 e. The predicted molar refractivity (Wildman–Crippen MR) is 130 cm³/mol. The number of amides is 2. The predicted octanol–water partition coefficient (Wildman–Crippen LogP) is 2.59. The molecule has 1 aliphatic carbocycles. The van der Waals surface area contributed by atoms with Crippen molar-refractivity contribution in [3.05, 3.63) is 82.7 Å². The van der Waals surface area contributed by atoms with Crippen LogP contribution < -0.4 is 21.1 Å². The molecule has 1 saturated heterocycles. The van der Waals surface area contributed by atoms with Gasteiger partial charge in [-0.2, -0.15) is 18.7 Å². The van der Waals surface area contributed by atoms with Crippen molar-refractivity contribution in [3.8, 4) is 5.75 Å². The molecular formula is C26H25F3N5O3+. The number of hydrazine groups is 2. The highest BCUT2D eigenvalue weighted by atomic mass is 19.4. The van der Waals surface area contributed by atoms with Gasteiger partial charge in [0.15, 0.2) is 12.4 Å². The summed E-state index contributed by atoms with van der Waals surface area (Å²) in [5.41, 5.74) is 10.3. The number of methoxy groups -OCH3 is 1. The van der Waals surface area contributed by atoms with Gasteiger partial charge in [-0.05, 0) is 42.7 Å². The summed E-state index contributed by atoms with van der Waals surface area (Å²) in [6, 6.07) is 3.86. The van der Waals surface area contributed by atoms with Gasteiger partial charge in [-0.3, -0.25) is 4.79 Å². The van der Waals surface area contributed by atoms with Crippen LogP contribution in [0.2, 0.25) is 0 Å². The lowest BCUT2D eigenvalue weighted by atomic mass is 9.92. The summed E-state index contributed by atoms with van der Waals surface area (Å²) in [7, 11) is 1.29. The summed E-state index contributed by atoms with van der Waals surface area (Å²) in [6.07, 6.45) is 9.62. The van der Waals surface area contributed by atoms with Crippen LogP contribution in [0, 0.1) is 0 Å². The number of fused-ring (bicyclic) bond motifs is 2. The Morgan fingerprint density at radius 1 is 1.22 bits per heavy atom. The average Bonchev–Trinajstić information content (AvgIpc) is 3.48. The first-order valence-corrected chi connectivity index (χ1v) is 11.7. The molecule has 1 unspecified atom stereocenters. The van der Waals surface area contributed by atoms with E-state index in [4.69, 9.17) is 4.74 Å². The number of benzene rings is 1. The Morgan fingerprint density at radius 3 is 2.84 bits per heavy atom. The third-order valence-electron chi connectivity index (χ3n) is 6.63. The maximum atomic E-state index is 13.4. The van der Waals surface area contributed by atoms with Crippen molar-refractivity contribution in [2.45, 2.75) is 31.1 Å². The van der Waals surface area contributed by atoms with Crippen molar-refractivity contribution in [2.75, 3.05) is 13.7 Å². The van der Waals surface area contributed by atoms with Crippen molar-refractivity contribution in [3.63, 3.8) is 0 Å². The highest BCUT2D eigenvalue weighted by Gasteiger charge is 2.36. The third kappa shape index (κ3) is 5.19. The van der Waals surface area contributed by atoms with Crippen molar-refractivity contribution < 1.29 is 32.1 Å². The second-order valence-electron chi connectivity index (χ2n) is 8.95. The average molecular weight is 513 g/mol. The fourth-order valence-electron chi connectivity index (χ4n) is 4.59. The van der Waals surface area contributed by atoms with Crippen molar-refractivity contribution in [2.24, 2.45) is 0 Å². The van der Waals surface area contributed by atoms with Gasteiger partial charge in [0, 0.05) is 30.4 Å². The summed E-state index contributed by atoms with van der Waals surface area (Å²) < 4.78 is 46.8. The Labute approximate surface area is 211 Å². The van der Waals surface area contributed by atoms with E-state index in [1.807, 2.05) is 6.08 Å². The van der Waals surface area contributed by atoms with Crippen molar-refractivity contribution in [1.29, 1.82) is 0 Å². The topological polar surface area (TPSA) is 85.7 Å². The number of alkyl halides is 3. The summed E-state index contributed by atoms with van der Waals surface area (Å²) in [4.78, 5) is 27.2. The van der Waals surface area contributed by atoms with Gasteiger partial charge in [0.25, 0.3) is 5.91 Å². The van der Waals surface area contributed by atoms with Gasteiger partial charge in [0.05, 0.1) is 29.9 Å². The molecule has 2 atom stereocenters. The zero-order valence-corrected chi connectivity index (χ0v) is 19.9. The van der Waals surface area contributed by atoms with E-state index in [0.29, 0.717) is 6.42 Å². The zero-order valence-electron chi connectivity index (χ0n) is 19.9. The molecule has 1 aromatic carbocycles. The maximum Gasteiger partial charge on any atom is 0.420 e. The van der Waals surface area contributed by atoms with Crippen LogP contribution in [0.5, 0.6) is 5.75 Å². The number of hydrogen-bond acceptors (Lipinski definition) is 6. The van der Waals surface area contributed by atoms with Crippen molar-refractivity contribution >= 4 is 24.1 Å². The first kappa shape index (κ1) is 24.9. The van der Waals surface area contributed by atoms with Gasteiger partial charge in [-0.25, -0.2) is 15.6 Å². The van der Waals surface area contributed by atoms with Crippen LogP contribution in [0.25, 0.3) is 6.08 Å². The Kier molecular flexibility index (Phi) is 6.67. The molecule has 3 aliphatic heterocycles. The van der Waals surface area contributed by atoms with Crippen LogP contribution in [0.3, 0.4) is 0 Å². The van der Waals surface area contributed by atoms with Crippen LogP contribution in [0.4, 0.5) is 13.2 Å². The molecule has 1 aromatic rings. The molecule has 0 radical (unpaired) electrons. The first-order valence-electron chi connectivity index (χ1n) is 11.7. The van der Waals surface area contributed by atoms with Crippen LogP contribution in [-0.2, 0) is 15.8 Å². The van der Waals surface area contributed by atoms with Gasteiger partial charge in [-0.15, -0.1) is 4.58 Å². The van der Waals surface area contributed by atoms with Gasteiger partial charge in [-0.1, -0.05) is 18.2 Å². The molecule has 8 nitrogen and oxygen atoms in total. The number of nitrogens with zero attached hydrogens (tertiary/aromatic N) is 2. The number of nitrogens with one attached hydrogen (secondary N) is 3. The van der Waals surface area contributed by atoms with E-state index in [1.165, 1.54) is 24.1 Å². The van der Waals surface area contributed by atoms with E-state index >= 15 is 0 Å². The number of carbonyl (C=O) groups is 2. The molecular weight excluding hydrogens is 487 g/mol. The molecule has 0 saturated carbocycles. The molecule has 0 aromatic heterocycles. The van der Waals surface area contributed by atoms with Gasteiger partial charge < -0.3 is 9.64 Å². The summed E-state index contributed by atoms with van der Waals surface area (Å²) in [6.45, 7) is 0.202. The summed E-state index contributed by atoms with van der Waals surface area (Å²) >= 11 is 0. The maximum absolute atomic E-state index is 13.4. The highest BCUT2D eigenvalue weighted by Crippen LogP contribution is 2.35. The highest BCUT2D eigenvalue weighted by molar-refractivity contribution is 5.96. The standard InChI is InChI=1S/C26H25F3N5O3/c1-37-20-5-2-16(21(13-20)26(27,28)29)4-7-24(35)33-10-8-18-14-34(15-19(18)9-11-33)25(36)17-3-6-22-23(12-17)31-32-30-22/h2,4-5,7-10,12-15,22-23,30-32H,3,6,11H2,1H3/q+1/b7-4+/t22?,23-/m1/s1. The number of allylic oxidation sites excluding steroid dienone is 3. The van der Waals surface area contributed by atoms with Gasteiger partial charge >= 0.3 is 12.1 Å². The van der Waals surface area contributed by atoms with E-state index in [1.54, 1.807) is 35.3 Å². The first-order chi connectivity index (χ1) is 17.7. The van der Waals surface area contributed by atoms with Gasteiger partial charge in [0.1, 0.15) is 5.75 Å². The lowest BCUT2D eigenvalue weighted by molar-refractivity contribution is -0.369. The molecule has 3 N–H and O–H groups in total. The molecule has 4 aliphatic rings. The Bertz CT molecular complexity index is 1320. The molecule has 0 bridgehead atoms. The monoisotopic (exact) mass is 512 g/mol. The second-order valence-corrected chi connectivity index (χ2v) is 8.95. The fraction of sp³-hybridized carbons (Fsp3) is 0.269. The van der Waals surface area contributed by atoms with Crippen LogP contribution in [0.1, 0.15) is 24.0 Å². The SMILES string of the molecule is COc1ccc(/C=C/C(=O)N2C=CC3=C[N+](C(=O)C4=C[C@H]5NNNC5CC4)=CC3=CC2)c(C(F)(F)F)c1. The Hall–Kier alpha value is -3.80. The number of ether oxygens (including phenoxy) is 1. The van der Waals surface area contributed by atoms with E-state index in [2.05, 4.69) is 16.4 Å². The van der Waals surface area contributed by atoms with E-state index in [0.717, 1.165) is 41.4 Å². The molecule has 2 amide bonds. The lowest BCUT2D eigenvalue weighted by Gasteiger charge is -2.20. The molecule has 37 heavy (non-hydrogen) atoms. The van der Waals surface area contributed by atoms with Crippen LogP contribution in [0.15, 0.2) is 71.6 Å². The third-order valence-corrected chi connectivity index (χ3v) is 6.63. The van der Waals surface area contributed by atoms with Crippen molar-refractivity contribution in [1.82, 2.24) is 21.3 Å². The summed E-state index contributed by atoms with van der Waals surface area (Å²) in [5.74, 6) is -0.494. The van der Waals surface area contributed by atoms with E-state index in [-0.39, 0.29) is 35.8 Å². The number of hydrogen-bond donors (Lipinski definition) is 3. The van der Waals surface area contributed by atoms with Gasteiger partial charge in [0.2, 0.25) is 0 Å². The zero-order chi connectivity index (χ0) is 26.2. The van der Waals surface area contributed by atoms with Crippen LogP contribution >= 0.6 is 0 Å². The Balaban J connectivity index is 1.28. The molecule has 11 heteroatoms. The molecule has 1 fully saturated rings. The minimum atomic E-state index is -4.59. The summed E-state index contributed by atoms with van der Waals surface area (Å²) in [5, 5.41) is 0. The van der Waals surface area contributed by atoms with Crippen LogP contribution in [-0.4, -0.2) is 53.2 Å². The second kappa shape index (κ2) is 9.92. The molecule has 192 valence electrons. The minimum absolute atomic E-state index is 0.0466. The molecule has 5 rings (SSSR count). The number of halogens is 3. The molecule has 3 heterocycles. The molecule has 0 spiro atoms. The quantitative estimate of drug-likeness (QED) is 0.425. The number of carbonyl (C=O) groups excluding carboxylic acids is 2. The number of rotatable bonds is 4. The van der Waals surface area contributed by atoms with E-state index < -0.39 is 17.6 Å². The largest absolute Gasteiger partial charge is 0.497 e. The normalized spacial score (nSPS) is 23.1. The van der Waals surface area contributed by atoms with E-state index in [9.17, 15) is 22.8 Å². The minimum Gasteiger partial charge on any atom is -0.497 e. The Morgan fingerprint density at radius 2 is 2.05 bits per heavy atom. The fourth-order valence-corrected chi connectivity index (χ4v) is 4.59.